The molecule has 1 aliphatic rings. The van der Waals surface area contributed by atoms with E-state index in [9.17, 15) is 4.79 Å². The average Bonchev–Trinajstić information content (AvgIpc) is 2.38. The summed E-state index contributed by atoms with van der Waals surface area (Å²) >= 11 is 0. The molecule has 1 atom stereocenters. The van der Waals surface area contributed by atoms with Gasteiger partial charge in [-0.3, -0.25) is 4.79 Å². The number of carbonyl (C=O) groups is 1. The molecule has 18 heavy (non-hydrogen) atoms. The summed E-state index contributed by atoms with van der Waals surface area (Å²) in [4.78, 5) is 12.0. The molecule has 1 aromatic rings. The Kier molecular flexibility index (Phi) is 3.83. The van der Waals surface area contributed by atoms with Crippen molar-refractivity contribution in [3.8, 4) is 6.07 Å². The Morgan fingerprint density at radius 3 is 3.22 bits per heavy atom. The van der Waals surface area contributed by atoms with Crippen molar-refractivity contribution in [3.63, 3.8) is 0 Å². The highest BCUT2D eigenvalue weighted by atomic mass is 16.1. The summed E-state index contributed by atoms with van der Waals surface area (Å²) < 4.78 is 0. The SMILES string of the molecule is CC(CC#N)NC(=O)c1ccc2c(c1)CCCN2. The number of benzene rings is 1. The molecule has 1 aromatic carbocycles. The van der Waals surface area contributed by atoms with Crippen LogP contribution in [0.5, 0.6) is 0 Å². The standard InChI is InChI=1S/C14H17N3O/c1-10(6-7-15)17-14(18)12-4-5-13-11(9-12)3-2-8-16-13/h4-5,9-10,16H,2-3,6,8H2,1H3,(H,17,18). The van der Waals surface area contributed by atoms with E-state index in [1.54, 1.807) is 0 Å². The molecule has 0 fully saturated rings. The van der Waals surface area contributed by atoms with E-state index in [1.807, 2.05) is 31.2 Å². The van der Waals surface area contributed by atoms with Gasteiger partial charge in [0.2, 0.25) is 0 Å². The second-order valence-electron chi connectivity index (χ2n) is 4.64. The summed E-state index contributed by atoms with van der Waals surface area (Å²) in [5.41, 5.74) is 2.99. The summed E-state index contributed by atoms with van der Waals surface area (Å²) in [6.07, 6.45) is 2.44. The minimum absolute atomic E-state index is 0.105. The molecule has 0 saturated heterocycles. The Labute approximate surface area is 107 Å². The lowest BCUT2D eigenvalue weighted by Gasteiger charge is -2.19. The smallest absolute Gasteiger partial charge is 0.251 e. The highest BCUT2D eigenvalue weighted by molar-refractivity contribution is 5.95. The molecule has 0 aliphatic carbocycles. The Morgan fingerprint density at radius 2 is 2.44 bits per heavy atom. The topological polar surface area (TPSA) is 64.9 Å². The zero-order valence-electron chi connectivity index (χ0n) is 10.5. The zero-order chi connectivity index (χ0) is 13.0. The predicted molar refractivity (Wildman–Crippen MR) is 70.4 cm³/mol. The number of nitriles is 1. The van der Waals surface area contributed by atoms with Crippen molar-refractivity contribution in [2.24, 2.45) is 0 Å². The molecule has 94 valence electrons. The number of amides is 1. The fourth-order valence-corrected chi connectivity index (χ4v) is 2.11. The van der Waals surface area contributed by atoms with Gasteiger partial charge in [0.15, 0.2) is 0 Å². The summed E-state index contributed by atoms with van der Waals surface area (Å²) in [6.45, 7) is 2.83. The van der Waals surface area contributed by atoms with Gasteiger partial charge in [-0.05, 0) is 43.5 Å². The van der Waals surface area contributed by atoms with Gasteiger partial charge < -0.3 is 10.6 Å². The minimum atomic E-state index is -0.114. The van der Waals surface area contributed by atoms with Crippen molar-refractivity contribution >= 4 is 11.6 Å². The third-order valence-electron chi connectivity index (χ3n) is 3.08. The van der Waals surface area contributed by atoms with Crippen LogP contribution in [0.15, 0.2) is 18.2 Å². The summed E-state index contributed by atoms with van der Waals surface area (Å²) in [5, 5.41) is 14.7. The van der Waals surface area contributed by atoms with Gasteiger partial charge in [-0.2, -0.15) is 5.26 Å². The highest BCUT2D eigenvalue weighted by Crippen LogP contribution is 2.22. The maximum Gasteiger partial charge on any atom is 0.251 e. The van der Waals surface area contributed by atoms with Crippen molar-refractivity contribution in [2.75, 3.05) is 11.9 Å². The van der Waals surface area contributed by atoms with Crippen LogP contribution in [0.25, 0.3) is 0 Å². The van der Waals surface area contributed by atoms with Crippen LogP contribution in [0.2, 0.25) is 0 Å². The molecule has 0 aromatic heterocycles. The van der Waals surface area contributed by atoms with Crippen LogP contribution in [-0.2, 0) is 6.42 Å². The van der Waals surface area contributed by atoms with E-state index in [0.29, 0.717) is 12.0 Å². The first-order valence-electron chi connectivity index (χ1n) is 6.25. The number of aryl methyl sites for hydroxylation is 1. The van der Waals surface area contributed by atoms with Crippen LogP contribution in [0, 0.1) is 11.3 Å². The zero-order valence-corrected chi connectivity index (χ0v) is 10.5. The lowest BCUT2D eigenvalue weighted by molar-refractivity contribution is 0.0940. The number of rotatable bonds is 3. The molecule has 2 N–H and O–H groups in total. The molecule has 0 radical (unpaired) electrons. The Morgan fingerprint density at radius 1 is 1.61 bits per heavy atom. The Balaban J connectivity index is 2.09. The van der Waals surface area contributed by atoms with E-state index in [0.717, 1.165) is 25.1 Å². The Bertz CT molecular complexity index is 490. The maximum atomic E-state index is 12.0. The van der Waals surface area contributed by atoms with Crippen molar-refractivity contribution in [1.82, 2.24) is 5.32 Å². The van der Waals surface area contributed by atoms with Gasteiger partial charge in [0, 0.05) is 23.8 Å². The molecule has 4 heteroatoms. The third-order valence-corrected chi connectivity index (χ3v) is 3.08. The van der Waals surface area contributed by atoms with Gasteiger partial charge in [0.25, 0.3) is 5.91 Å². The lowest BCUT2D eigenvalue weighted by atomic mass is 10.0. The normalized spacial score (nSPS) is 14.9. The molecule has 0 saturated carbocycles. The van der Waals surface area contributed by atoms with E-state index >= 15 is 0 Å². The van der Waals surface area contributed by atoms with Crippen molar-refractivity contribution < 1.29 is 4.79 Å². The van der Waals surface area contributed by atoms with Crippen LogP contribution in [0.4, 0.5) is 5.69 Å². The van der Waals surface area contributed by atoms with Crippen LogP contribution < -0.4 is 10.6 Å². The van der Waals surface area contributed by atoms with Crippen molar-refractivity contribution in [1.29, 1.82) is 5.26 Å². The van der Waals surface area contributed by atoms with E-state index in [2.05, 4.69) is 10.6 Å². The van der Waals surface area contributed by atoms with Crippen LogP contribution in [-0.4, -0.2) is 18.5 Å². The molecule has 4 nitrogen and oxygen atoms in total. The fraction of sp³-hybridized carbons (Fsp3) is 0.429. The van der Waals surface area contributed by atoms with Crippen LogP contribution >= 0.6 is 0 Å². The number of carbonyl (C=O) groups excluding carboxylic acids is 1. The van der Waals surface area contributed by atoms with Gasteiger partial charge in [-0.15, -0.1) is 0 Å². The molecule has 1 unspecified atom stereocenters. The van der Waals surface area contributed by atoms with Gasteiger partial charge in [0.1, 0.15) is 0 Å². The number of anilines is 1. The molecular weight excluding hydrogens is 226 g/mol. The number of fused-ring (bicyclic) bond motifs is 1. The van der Waals surface area contributed by atoms with E-state index in [1.165, 1.54) is 5.56 Å². The lowest BCUT2D eigenvalue weighted by Crippen LogP contribution is -2.32. The molecule has 1 amide bonds. The van der Waals surface area contributed by atoms with E-state index in [4.69, 9.17) is 5.26 Å². The van der Waals surface area contributed by atoms with Gasteiger partial charge in [-0.1, -0.05) is 0 Å². The van der Waals surface area contributed by atoms with Crippen molar-refractivity contribution in [2.45, 2.75) is 32.2 Å². The number of hydrogen-bond acceptors (Lipinski definition) is 3. The molecule has 0 bridgehead atoms. The first-order chi connectivity index (χ1) is 8.70. The van der Waals surface area contributed by atoms with Crippen LogP contribution in [0.1, 0.15) is 35.7 Å². The number of nitrogens with zero attached hydrogens (tertiary/aromatic N) is 1. The first kappa shape index (κ1) is 12.4. The molecule has 2 rings (SSSR count). The second kappa shape index (κ2) is 5.54. The highest BCUT2D eigenvalue weighted by Gasteiger charge is 2.13. The minimum Gasteiger partial charge on any atom is -0.385 e. The largest absolute Gasteiger partial charge is 0.385 e. The molecule has 0 spiro atoms. The monoisotopic (exact) mass is 243 g/mol. The molecular formula is C14H17N3O. The Hall–Kier alpha value is -2.02. The third kappa shape index (κ3) is 2.80. The van der Waals surface area contributed by atoms with Crippen molar-refractivity contribution in [3.05, 3.63) is 29.3 Å². The first-order valence-corrected chi connectivity index (χ1v) is 6.25. The maximum absolute atomic E-state index is 12.0. The van der Waals surface area contributed by atoms with Gasteiger partial charge in [0.05, 0.1) is 12.5 Å². The van der Waals surface area contributed by atoms with Gasteiger partial charge in [-0.25, -0.2) is 0 Å². The number of nitrogens with one attached hydrogen (secondary N) is 2. The quantitative estimate of drug-likeness (QED) is 0.854. The predicted octanol–water partition coefficient (Wildman–Crippen LogP) is 2.08. The second-order valence-corrected chi connectivity index (χ2v) is 4.64. The average molecular weight is 243 g/mol. The molecule has 1 aliphatic heterocycles. The van der Waals surface area contributed by atoms with Gasteiger partial charge >= 0.3 is 0 Å². The summed E-state index contributed by atoms with van der Waals surface area (Å²) in [7, 11) is 0. The summed E-state index contributed by atoms with van der Waals surface area (Å²) in [5.74, 6) is -0.105. The van der Waals surface area contributed by atoms with E-state index < -0.39 is 0 Å². The van der Waals surface area contributed by atoms with E-state index in [-0.39, 0.29) is 11.9 Å². The number of hydrogen-bond donors (Lipinski definition) is 2. The fourth-order valence-electron chi connectivity index (χ4n) is 2.11. The summed E-state index contributed by atoms with van der Waals surface area (Å²) in [6, 6.07) is 7.66. The molecule has 1 heterocycles. The van der Waals surface area contributed by atoms with Crippen LogP contribution in [0.3, 0.4) is 0 Å².